The average molecular weight is 288 g/mol. The number of aliphatic hydroxyl groups is 1. The van der Waals surface area contributed by atoms with Crippen LogP contribution in [0.2, 0.25) is 0 Å². The van der Waals surface area contributed by atoms with Crippen molar-refractivity contribution in [2.45, 2.75) is 22.4 Å². The summed E-state index contributed by atoms with van der Waals surface area (Å²) in [5.41, 5.74) is 1.89. The Morgan fingerprint density at radius 1 is 1.26 bits per heavy atom. The molecule has 0 bridgehead atoms. The monoisotopic (exact) mass is 288 g/mol. The number of fused-ring (bicyclic) bond motifs is 1. The van der Waals surface area contributed by atoms with Crippen LogP contribution in [0.25, 0.3) is 10.2 Å². The van der Waals surface area contributed by atoms with Gasteiger partial charge in [-0.1, -0.05) is 12.1 Å². The van der Waals surface area contributed by atoms with E-state index in [2.05, 4.69) is 16.0 Å². The molecule has 0 saturated heterocycles. The predicted molar refractivity (Wildman–Crippen MR) is 78.6 cm³/mol. The fourth-order valence-corrected chi connectivity index (χ4v) is 3.75. The molecule has 5 heteroatoms. The topological polar surface area (TPSA) is 46.0 Å². The van der Waals surface area contributed by atoms with Crippen LogP contribution in [0.5, 0.6) is 0 Å². The minimum absolute atomic E-state index is 0.474. The van der Waals surface area contributed by atoms with Gasteiger partial charge in [0.25, 0.3) is 0 Å². The molecule has 96 valence electrons. The zero-order valence-electron chi connectivity index (χ0n) is 10.3. The van der Waals surface area contributed by atoms with Crippen LogP contribution in [0.1, 0.15) is 18.6 Å². The van der Waals surface area contributed by atoms with Crippen LogP contribution in [-0.4, -0.2) is 15.1 Å². The summed E-state index contributed by atoms with van der Waals surface area (Å²) in [5, 5.41) is 10.4. The second-order valence-electron chi connectivity index (χ2n) is 4.15. The van der Waals surface area contributed by atoms with Crippen LogP contribution in [-0.2, 0) is 0 Å². The summed E-state index contributed by atoms with van der Waals surface area (Å²) < 4.78 is 2.15. The number of hydrogen-bond donors (Lipinski definition) is 1. The van der Waals surface area contributed by atoms with Crippen LogP contribution in [0, 0.1) is 0 Å². The van der Waals surface area contributed by atoms with E-state index < -0.39 is 6.10 Å². The Balaban J connectivity index is 1.90. The number of nitrogens with zero attached hydrogens (tertiary/aromatic N) is 2. The van der Waals surface area contributed by atoms with Crippen LogP contribution in [0.15, 0.2) is 52.0 Å². The van der Waals surface area contributed by atoms with Crippen molar-refractivity contribution >= 4 is 33.3 Å². The number of pyridine rings is 1. The second kappa shape index (κ2) is 5.28. The normalized spacial score (nSPS) is 12.7. The molecule has 0 fully saturated rings. The van der Waals surface area contributed by atoms with Crippen molar-refractivity contribution < 1.29 is 5.11 Å². The van der Waals surface area contributed by atoms with Crippen LogP contribution >= 0.6 is 23.1 Å². The highest BCUT2D eigenvalue weighted by Crippen LogP contribution is 2.33. The fourth-order valence-electron chi connectivity index (χ4n) is 1.72. The molecule has 0 aliphatic rings. The Morgan fingerprint density at radius 2 is 2.11 bits per heavy atom. The van der Waals surface area contributed by atoms with Gasteiger partial charge >= 0.3 is 0 Å². The summed E-state index contributed by atoms with van der Waals surface area (Å²) in [4.78, 5) is 8.87. The Hall–Kier alpha value is -1.43. The molecule has 0 aliphatic carbocycles. The van der Waals surface area contributed by atoms with Crippen LogP contribution in [0.4, 0.5) is 0 Å². The summed E-state index contributed by atoms with van der Waals surface area (Å²) in [6, 6.07) is 11.8. The van der Waals surface area contributed by atoms with Crippen molar-refractivity contribution in [3.05, 3.63) is 48.2 Å². The highest BCUT2D eigenvalue weighted by Gasteiger charge is 2.08. The zero-order valence-corrected chi connectivity index (χ0v) is 11.9. The highest BCUT2D eigenvalue weighted by molar-refractivity contribution is 8.01. The second-order valence-corrected chi connectivity index (χ2v) is 6.45. The molecule has 1 atom stereocenters. The molecular weight excluding hydrogens is 276 g/mol. The Morgan fingerprint density at radius 3 is 2.89 bits per heavy atom. The average Bonchev–Trinajstić information content (AvgIpc) is 2.81. The highest BCUT2D eigenvalue weighted by atomic mass is 32.2. The smallest absolute Gasteiger partial charge is 0.157 e. The lowest BCUT2D eigenvalue weighted by atomic mass is 10.2. The van der Waals surface area contributed by atoms with Crippen molar-refractivity contribution in [3.8, 4) is 0 Å². The van der Waals surface area contributed by atoms with Gasteiger partial charge in [0.2, 0.25) is 0 Å². The van der Waals surface area contributed by atoms with Gasteiger partial charge < -0.3 is 5.11 Å². The summed E-state index contributed by atoms with van der Waals surface area (Å²) in [6.07, 6.45) is 1.25. The minimum Gasteiger partial charge on any atom is -0.389 e. The number of benzene rings is 1. The summed E-state index contributed by atoms with van der Waals surface area (Å²) >= 11 is 3.19. The number of thiazole rings is 1. The molecule has 3 nitrogen and oxygen atoms in total. The molecule has 19 heavy (non-hydrogen) atoms. The third-order valence-electron chi connectivity index (χ3n) is 2.71. The number of aromatic nitrogens is 2. The van der Waals surface area contributed by atoms with Gasteiger partial charge in [0.05, 0.1) is 16.3 Å². The maximum Gasteiger partial charge on any atom is 0.157 e. The van der Waals surface area contributed by atoms with Gasteiger partial charge in [-0.05, 0) is 48.5 Å². The van der Waals surface area contributed by atoms with Gasteiger partial charge in [-0.25, -0.2) is 9.97 Å². The maximum atomic E-state index is 9.58. The van der Waals surface area contributed by atoms with E-state index in [-0.39, 0.29) is 0 Å². The number of para-hydroxylation sites is 1. The Labute approximate surface area is 119 Å². The van der Waals surface area contributed by atoms with Gasteiger partial charge in [-0.15, -0.1) is 11.3 Å². The number of hydrogen-bond acceptors (Lipinski definition) is 5. The lowest BCUT2D eigenvalue weighted by molar-refractivity contribution is 0.199. The molecular formula is C14H12N2OS2. The van der Waals surface area contributed by atoms with Gasteiger partial charge in [0.1, 0.15) is 5.03 Å². The maximum absolute atomic E-state index is 9.58. The molecule has 3 rings (SSSR count). The molecule has 0 saturated carbocycles. The molecule has 3 aromatic rings. The van der Waals surface area contributed by atoms with Gasteiger partial charge in [0, 0.05) is 6.20 Å². The predicted octanol–water partition coefficient (Wildman–Crippen LogP) is 3.90. The molecule has 0 unspecified atom stereocenters. The first-order chi connectivity index (χ1) is 9.22. The first-order valence-electron chi connectivity index (χ1n) is 5.90. The lowest BCUT2D eigenvalue weighted by Crippen LogP contribution is -1.92. The quantitative estimate of drug-likeness (QED) is 0.794. The van der Waals surface area contributed by atoms with Crippen LogP contribution in [0.3, 0.4) is 0 Å². The van der Waals surface area contributed by atoms with E-state index >= 15 is 0 Å². The van der Waals surface area contributed by atoms with Crippen LogP contribution < -0.4 is 0 Å². The van der Waals surface area contributed by atoms with Gasteiger partial charge in [-0.2, -0.15) is 0 Å². The van der Waals surface area contributed by atoms with Crippen molar-refractivity contribution in [1.29, 1.82) is 0 Å². The van der Waals surface area contributed by atoms with Gasteiger partial charge in [-0.3, -0.25) is 0 Å². The molecule has 0 spiro atoms. The number of aliphatic hydroxyl groups excluding tert-OH is 1. The van der Waals surface area contributed by atoms with E-state index in [9.17, 15) is 5.11 Å². The fraction of sp³-hybridized carbons (Fsp3) is 0.143. The summed E-state index contributed by atoms with van der Waals surface area (Å²) in [7, 11) is 0. The summed E-state index contributed by atoms with van der Waals surface area (Å²) in [6.45, 7) is 1.75. The molecule has 1 N–H and O–H groups in total. The first kappa shape index (κ1) is 12.6. The zero-order chi connectivity index (χ0) is 13.2. The first-order valence-corrected chi connectivity index (χ1v) is 7.53. The van der Waals surface area contributed by atoms with E-state index in [0.29, 0.717) is 0 Å². The lowest BCUT2D eigenvalue weighted by Gasteiger charge is -2.04. The van der Waals surface area contributed by atoms with Crippen molar-refractivity contribution in [2.24, 2.45) is 0 Å². The van der Waals surface area contributed by atoms with Crippen molar-refractivity contribution in [3.63, 3.8) is 0 Å². The van der Waals surface area contributed by atoms with Crippen molar-refractivity contribution in [2.75, 3.05) is 0 Å². The van der Waals surface area contributed by atoms with E-state index in [1.54, 1.807) is 24.5 Å². The SMILES string of the molecule is C[C@@H](O)c1ccnc(Sc2nc3ccccc3s2)c1. The third-order valence-corrected chi connectivity index (χ3v) is 4.74. The third kappa shape index (κ3) is 2.78. The van der Waals surface area contributed by atoms with Crippen molar-refractivity contribution in [1.82, 2.24) is 9.97 Å². The molecule has 0 amide bonds. The largest absolute Gasteiger partial charge is 0.389 e. The van der Waals surface area contributed by atoms with E-state index in [0.717, 1.165) is 20.4 Å². The van der Waals surface area contributed by atoms with E-state index in [1.807, 2.05) is 30.3 Å². The molecule has 2 heterocycles. The van der Waals surface area contributed by atoms with Gasteiger partial charge in [0.15, 0.2) is 4.34 Å². The number of rotatable bonds is 3. The standard InChI is InChI=1S/C14H12N2OS2/c1-9(17)10-6-7-15-13(8-10)19-14-16-11-4-2-3-5-12(11)18-14/h2-9,17H,1H3/t9-/m1/s1. The Kier molecular flexibility index (Phi) is 3.50. The molecule has 2 aromatic heterocycles. The Bertz CT molecular complexity index is 676. The molecule has 1 aromatic carbocycles. The molecule has 0 aliphatic heterocycles. The molecule has 0 radical (unpaired) electrons. The van der Waals surface area contributed by atoms with E-state index in [4.69, 9.17) is 0 Å². The van der Waals surface area contributed by atoms with E-state index in [1.165, 1.54) is 16.5 Å². The summed E-state index contributed by atoms with van der Waals surface area (Å²) in [5.74, 6) is 0. The minimum atomic E-state index is -0.474.